The third-order valence-electron chi connectivity index (χ3n) is 8.42. The zero-order valence-corrected chi connectivity index (χ0v) is 26.1. The summed E-state index contributed by atoms with van der Waals surface area (Å²) in [6, 6.07) is 47.2. The first-order valence-electron chi connectivity index (χ1n) is 15.3. The van der Waals surface area contributed by atoms with Gasteiger partial charge in [0.1, 0.15) is 5.71 Å². The van der Waals surface area contributed by atoms with Crippen molar-refractivity contribution in [3.63, 3.8) is 0 Å². The minimum absolute atomic E-state index is 0.323. The zero-order chi connectivity index (χ0) is 31.7. The van der Waals surface area contributed by atoms with Gasteiger partial charge in [-0.3, -0.25) is 5.41 Å². The Morgan fingerprint density at radius 1 is 0.511 bits per heavy atom. The van der Waals surface area contributed by atoms with Gasteiger partial charge >= 0.3 is 0 Å². The largest absolute Gasteiger partial charge is 0.299 e. The van der Waals surface area contributed by atoms with Crippen molar-refractivity contribution in [2.45, 2.75) is 0 Å². The Hall–Kier alpha value is -5.98. The lowest BCUT2D eigenvalue weighted by Gasteiger charge is -2.20. The molecule has 222 valence electrons. The van der Waals surface area contributed by atoms with Gasteiger partial charge < -0.3 is 0 Å². The first kappa shape index (κ1) is 28.5. The molecule has 1 aliphatic carbocycles. The molecule has 5 nitrogen and oxygen atoms in total. The maximum Gasteiger partial charge on any atom is 0.160 e. The van der Waals surface area contributed by atoms with Crippen LogP contribution >= 0.6 is 12.8 Å². The molecule has 6 heteroatoms. The summed E-state index contributed by atoms with van der Waals surface area (Å²) in [5.41, 5.74) is 12.2. The second-order valence-electron chi connectivity index (χ2n) is 11.3. The molecule has 0 bridgehead atoms. The van der Waals surface area contributed by atoms with Crippen molar-refractivity contribution >= 4 is 41.2 Å². The second-order valence-corrected chi connectivity index (χ2v) is 11.5. The second kappa shape index (κ2) is 12.1. The average Bonchev–Trinajstić information content (AvgIpc) is 3.15. The topological polar surface area (TPSA) is 74.9 Å². The van der Waals surface area contributed by atoms with Crippen LogP contribution in [-0.2, 0) is 0 Å². The summed E-state index contributed by atoms with van der Waals surface area (Å²) in [6.45, 7) is 0. The number of benzene rings is 5. The highest BCUT2D eigenvalue weighted by Gasteiger charge is 2.24. The van der Waals surface area contributed by atoms with Crippen molar-refractivity contribution in [3.8, 4) is 56.3 Å². The Kier molecular flexibility index (Phi) is 7.32. The zero-order valence-electron chi connectivity index (χ0n) is 25.2. The molecular weight excluding hydrogens is 595 g/mol. The molecule has 1 aliphatic rings. The molecule has 8 rings (SSSR count). The van der Waals surface area contributed by atoms with E-state index in [1.165, 1.54) is 0 Å². The molecule has 0 atom stereocenters. The lowest BCUT2D eigenvalue weighted by atomic mass is 9.87. The van der Waals surface area contributed by atoms with Crippen LogP contribution in [0.25, 0.3) is 73.3 Å². The maximum atomic E-state index is 8.59. The van der Waals surface area contributed by atoms with Crippen LogP contribution in [0, 0.1) is 5.41 Å². The summed E-state index contributed by atoms with van der Waals surface area (Å²) in [7, 11) is 0. The van der Waals surface area contributed by atoms with Gasteiger partial charge in [-0.2, -0.15) is 0 Å². The molecule has 47 heavy (non-hydrogen) atoms. The number of thiol groups is 1. The molecule has 5 aromatic carbocycles. The third-order valence-corrected chi connectivity index (χ3v) is 8.62. The fourth-order valence-corrected chi connectivity index (χ4v) is 6.28. The fraction of sp³-hybridized carbons (Fsp3) is 0. The van der Waals surface area contributed by atoms with E-state index in [9.17, 15) is 0 Å². The van der Waals surface area contributed by atoms with Crippen LogP contribution in [0.1, 0.15) is 11.1 Å². The quantitative estimate of drug-likeness (QED) is 0.188. The van der Waals surface area contributed by atoms with E-state index < -0.39 is 0 Å². The van der Waals surface area contributed by atoms with E-state index in [0.717, 1.165) is 72.5 Å². The van der Waals surface area contributed by atoms with Crippen LogP contribution < -0.4 is 0 Å². The molecule has 0 saturated carbocycles. The Balaban J connectivity index is 1.22. The van der Waals surface area contributed by atoms with E-state index >= 15 is 0 Å². The minimum atomic E-state index is 0.323. The summed E-state index contributed by atoms with van der Waals surface area (Å²) >= 11 is 4.28. The predicted molar refractivity (Wildman–Crippen MR) is 197 cm³/mol. The van der Waals surface area contributed by atoms with Crippen molar-refractivity contribution in [2.24, 2.45) is 4.40 Å². The lowest BCUT2D eigenvalue weighted by molar-refractivity contribution is 1.18. The van der Waals surface area contributed by atoms with Gasteiger partial charge in [-0.05, 0) is 54.3 Å². The molecular formula is C41H27N5S. The van der Waals surface area contributed by atoms with Crippen LogP contribution in [0.5, 0.6) is 0 Å². The molecule has 0 saturated heterocycles. The highest BCUT2D eigenvalue weighted by Crippen LogP contribution is 2.37. The van der Waals surface area contributed by atoms with Gasteiger partial charge in [0, 0.05) is 38.8 Å². The summed E-state index contributed by atoms with van der Waals surface area (Å²) in [6.07, 6.45) is 3.73. The first-order chi connectivity index (χ1) is 23.2. The predicted octanol–water partition coefficient (Wildman–Crippen LogP) is 10.0. The minimum Gasteiger partial charge on any atom is -0.299 e. The van der Waals surface area contributed by atoms with E-state index in [-0.39, 0.29) is 0 Å². The highest BCUT2D eigenvalue weighted by molar-refractivity contribution is 7.79. The van der Waals surface area contributed by atoms with Crippen LogP contribution in [0.3, 0.4) is 0 Å². The smallest absolute Gasteiger partial charge is 0.160 e. The van der Waals surface area contributed by atoms with Crippen LogP contribution in [-0.4, -0.2) is 26.4 Å². The number of nitrogens with zero attached hydrogens (tertiary/aromatic N) is 4. The van der Waals surface area contributed by atoms with Crippen molar-refractivity contribution in [3.05, 3.63) is 157 Å². The van der Waals surface area contributed by atoms with E-state index in [1.54, 1.807) is 6.08 Å². The molecule has 2 aromatic heterocycles. The fourth-order valence-electron chi connectivity index (χ4n) is 6.08. The highest BCUT2D eigenvalue weighted by atomic mass is 32.1. The van der Waals surface area contributed by atoms with Gasteiger partial charge in [-0.25, -0.2) is 19.3 Å². The molecule has 0 spiro atoms. The third kappa shape index (κ3) is 5.35. The number of fused-ring (bicyclic) bond motifs is 3. The van der Waals surface area contributed by atoms with Gasteiger partial charge in [0.2, 0.25) is 0 Å². The van der Waals surface area contributed by atoms with Crippen LogP contribution in [0.15, 0.2) is 150 Å². The standard InChI is InChI=1S/C41H27N5S/c42-34-22-21-32-38(40(34)46-47)33-24-31(20-23-35(33)43-39(32)29-12-6-2-7-13-29)26-16-18-28(19-17-26)37-25-36(27-10-4-1-5-11-27)44-41(45-37)30-14-8-3-9-15-30/h1-25,42,47H. The number of nitrogens with one attached hydrogen (secondary N) is 1. The molecule has 7 aromatic rings. The van der Waals surface area contributed by atoms with E-state index in [0.29, 0.717) is 17.2 Å². The number of hydrogen-bond donors (Lipinski definition) is 2. The molecule has 2 heterocycles. The van der Waals surface area contributed by atoms with Crippen molar-refractivity contribution < 1.29 is 0 Å². The Morgan fingerprint density at radius 3 is 1.70 bits per heavy atom. The number of hydrogen-bond acceptors (Lipinski definition) is 6. The van der Waals surface area contributed by atoms with Gasteiger partial charge in [-0.1, -0.05) is 121 Å². The van der Waals surface area contributed by atoms with Crippen LogP contribution in [0.2, 0.25) is 0 Å². The average molecular weight is 622 g/mol. The number of rotatable bonds is 5. The Morgan fingerprint density at radius 2 is 1.06 bits per heavy atom. The van der Waals surface area contributed by atoms with Crippen molar-refractivity contribution in [1.82, 2.24) is 15.0 Å². The Labute approximate surface area is 278 Å². The summed E-state index contributed by atoms with van der Waals surface area (Å²) in [4.78, 5) is 15.0. The molecule has 0 radical (unpaired) electrons. The monoisotopic (exact) mass is 621 g/mol. The van der Waals surface area contributed by atoms with Gasteiger partial charge in [0.05, 0.1) is 28.3 Å². The van der Waals surface area contributed by atoms with E-state index in [2.05, 4.69) is 83.9 Å². The SMILES string of the molecule is N=C1C=Cc2c(-c3ccccc3)nc3ccc(-c4ccc(-c5cc(-c6ccccc6)nc(-c6ccccc6)n5)cc4)cc3c2C1=NS. The number of pyridine rings is 1. The number of allylic oxidation sites excluding steroid dienone is 1. The normalized spacial score (nSPS) is 13.2. The first-order valence-corrected chi connectivity index (χ1v) is 15.7. The Bertz CT molecular complexity index is 2290. The van der Waals surface area contributed by atoms with Crippen LogP contribution in [0.4, 0.5) is 0 Å². The summed E-state index contributed by atoms with van der Waals surface area (Å²) in [5.74, 6) is 0.689. The van der Waals surface area contributed by atoms with Crippen molar-refractivity contribution in [1.29, 1.82) is 5.41 Å². The molecule has 0 fully saturated rings. The molecule has 1 N–H and O–H groups in total. The maximum absolute atomic E-state index is 8.59. The molecule has 0 amide bonds. The van der Waals surface area contributed by atoms with Crippen molar-refractivity contribution in [2.75, 3.05) is 0 Å². The van der Waals surface area contributed by atoms with Gasteiger partial charge in [-0.15, -0.1) is 0 Å². The molecule has 0 unspecified atom stereocenters. The number of aromatic nitrogens is 3. The van der Waals surface area contributed by atoms with E-state index in [1.807, 2.05) is 78.9 Å². The van der Waals surface area contributed by atoms with Gasteiger partial charge in [0.15, 0.2) is 5.82 Å². The lowest BCUT2D eigenvalue weighted by Crippen LogP contribution is -2.18. The molecule has 0 aliphatic heterocycles. The van der Waals surface area contributed by atoms with E-state index in [4.69, 9.17) is 20.4 Å². The summed E-state index contributed by atoms with van der Waals surface area (Å²) < 4.78 is 4.26. The summed E-state index contributed by atoms with van der Waals surface area (Å²) in [5, 5.41) is 9.52. The van der Waals surface area contributed by atoms with Gasteiger partial charge in [0.25, 0.3) is 0 Å².